The molecule has 106 valence electrons. The van der Waals surface area contributed by atoms with E-state index in [2.05, 4.69) is 9.97 Å². The Balaban J connectivity index is 3.09. The van der Waals surface area contributed by atoms with E-state index < -0.39 is 5.97 Å². The standard InChI is InChI=1S/C13H21N3O3/c1-5-10(4)16(8-12(17)18)13-14-9(3)7-11(15-13)19-6-2/h7,10H,5-6,8H2,1-4H3,(H,17,18). The molecule has 1 aromatic rings. The van der Waals surface area contributed by atoms with Crippen molar-refractivity contribution in [3.8, 4) is 5.88 Å². The Morgan fingerprint density at radius 2 is 2.16 bits per heavy atom. The van der Waals surface area contributed by atoms with Crippen LogP contribution in [0.25, 0.3) is 0 Å². The zero-order valence-corrected chi connectivity index (χ0v) is 11.9. The first-order valence-electron chi connectivity index (χ1n) is 6.44. The number of aryl methyl sites for hydroxylation is 1. The summed E-state index contributed by atoms with van der Waals surface area (Å²) in [6, 6.07) is 1.79. The second-order valence-corrected chi connectivity index (χ2v) is 4.36. The van der Waals surface area contributed by atoms with Gasteiger partial charge in [0.2, 0.25) is 11.8 Å². The van der Waals surface area contributed by atoms with Crippen molar-refractivity contribution in [3.05, 3.63) is 11.8 Å². The second kappa shape index (κ2) is 6.92. The SMILES string of the molecule is CCOc1cc(C)nc(N(CC(=O)O)C(C)CC)n1. The largest absolute Gasteiger partial charge is 0.480 e. The highest BCUT2D eigenvalue weighted by Gasteiger charge is 2.19. The highest BCUT2D eigenvalue weighted by atomic mass is 16.5. The average molecular weight is 267 g/mol. The third-order valence-electron chi connectivity index (χ3n) is 2.80. The van der Waals surface area contributed by atoms with Crippen LogP contribution in [0, 0.1) is 6.92 Å². The highest BCUT2D eigenvalue weighted by Crippen LogP contribution is 2.18. The molecule has 19 heavy (non-hydrogen) atoms. The van der Waals surface area contributed by atoms with Crippen molar-refractivity contribution in [2.45, 2.75) is 40.2 Å². The van der Waals surface area contributed by atoms with Crippen molar-refractivity contribution in [1.29, 1.82) is 0 Å². The van der Waals surface area contributed by atoms with Gasteiger partial charge in [-0.2, -0.15) is 4.98 Å². The minimum atomic E-state index is -0.900. The third-order valence-corrected chi connectivity index (χ3v) is 2.80. The first-order valence-corrected chi connectivity index (χ1v) is 6.44. The summed E-state index contributed by atoms with van der Waals surface area (Å²) >= 11 is 0. The predicted octanol–water partition coefficient (Wildman–Crippen LogP) is 1.87. The van der Waals surface area contributed by atoms with E-state index >= 15 is 0 Å². The van der Waals surface area contributed by atoms with Crippen LogP contribution < -0.4 is 9.64 Å². The average Bonchev–Trinajstić information content (AvgIpc) is 2.34. The smallest absolute Gasteiger partial charge is 0.323 e. The van der Waals surface area contributed by atoms with Gasteiger partial charge in [0.1, 0.15) is 6.54 Å². The lowest BCUT2D eigenvalue weighted by molar-refractivity contribution is -0.135. The van der Waals surface area contributed by atoms with Gasteiger partial charge in [-0.05, 0) is 27.2 Å². The number of nitrogens with zero attached hydrogens (tertiary/aromatic N) is 3. The fourth-order valence-corrected chi connectivity index (χ4v) is 1.66. The monoisotopic (exact) mass is 267 g/mol. The van der Waals surface area contributed by atoms with Crippen LogP contribution in [0.3, 0.4) is 0 Å². The van der Waals surface area contributed by atoms with E-state index in [9.17, 15) is 4.79 Å². The minimum Gasteiger partial charge on any atom is -0.480 e. The van der Waals surface area contributed by atoms with Gasteiger partial charge in [0.15, 0.2) is 0 Å². The van der Waals surface area contributed by atoms with Gasteiger partial charge in [-0.3, -0.25) is 4.79 Å². The predicted molar refractivity (Wildman–Crippen MR) is 72.7 cm³/mol. The number of carbonyl (C=O) groups is 1. The Labute approximate surface area is 113 Å². The fraction of sp³-hybridized carbons (Fsp3) is 0.615. The van der Waals surface area contributed by atoms with Crippen molar-refractivity contribution in [3.63, 3.8) is 0 Å². The molecule has 6 nitrogen and oxygen atoms in total. The van der Waals surface area contributed by atoms with Crippen molar-refractivity contribution in [2.75, 3.05) is 18.1 Å². The number of carboxylic acid groups (broad SMARTS) is 1. The summed E-state index contributed by atoms with van der Waals surface area (Å²) in [6.45, 7) is 8.06. The normalized spacial score (nSPS) is 12.0. The molecular formula is C13H21N3O3. The molecule has 0 amide bonds. The maximum atomic E-state index is 11.0. The number of rotatable bonds is 7. The summed E-state index contributed by atoms with van der Waals surface area (Å²) in [6.07, 6.45) is 0.814. The zero-order valence-electron chi connectivity index (χ0n) is 11.9. The molecular weight excluding hydrogens is 246 g/mol. The molecule has 0 saturated heterocycles. The zero-order chi connectivity index (χ0) is 14.4. The fourth-order valence-electron chi connectivity index (χ4n) is 1.66. The summed E-state index contributed by atoms with van der Waals surface area (Å²) in [7, 11) is 0. The first kappa shape index (κ1) is 15.2. The molecule has 1 rings (SSSR count). The van der Waals surface area contributed by atoms with Gasteiger partial charge < -0.3 is 14.7 Å². The van der Waals surface area contributed by atoms with E-state index in [4.69, 9.17) is 9.84 Å². The molecule has 0 aliphatic heterocycles. The number of aromatic nitrogens is 2. The summed E-state index contributed by atoms with van der Waals surface area (Å²) in [5.74, 6) is -0.0211. The quantitative estimate of drug-likeness (QED) is 0.813. The van der Waals surface area contributed by atoms with Crippen molar-refractivity contribution in [2.24, 2.45) is 0 Å². The Morgan fingerprint density at radius 3 is 2.68 bits per heavy atom. The van der Waals surface area contributed by atoms with Crippen LogP contribution in [0.5, 0.6) is 5.88 Å². The van der Waals surface area contributed by atoms with Gasteiger partial charge in [-0.15, -0.1) is 0 Å². The Bertz CT molecular complexity index is 437. The van der Waals surface area contributed by atoms with Crippen LogP contribution in [0.4, 0.5) is 5.95 Å². The van der Waals surface area contributed by atoms with Gasteiger partial charge in [0.05, 0.1) is 6.61 Å². The molecule has 0 saturated carbocycles. The Hall–Kier alpha value is -1.85. The number of aliphatic carboxylic acids is 1. The highest BCUT2D eigenvalue weighted by molar-refractivity contribution is 5.72. The molecule has 1 aromatic heterocycles. The molecule has 0 fully saturated rings. The lowest BCUT2D eigenvalue weighted by Gasteiger charge is -2.27. The molecule has 0 spiro atoms. The first-order chi connectivity index (χ1) is 8.97. The van der Waals surface area contributed by atoms with Crippen LogP contribution >= 0.6 is 0 Å². The maximum Gasteiger partial charge on any atom is 0.323 e. The molecule has 0 aromatic carbocycles. The van der Waals surface area contributed by atoms with E-state index in [-0.39, 0.29) is 12.6 Å². The van der Waals surface area contributed by atoms with Crippen molar-refractivity contribution in [1.82, 2.24) is 9.97 Å². The van der Waals surface area contributed by atoms with E-state index in [0.29, 0.717) is 18.4 Å². The van der Waals surface area contributed by atoms with Gasteiger partial charge in [-0.1, -0.05) is 6.92 Å². The Kier molecular flexibility index (Phi) is 5.54. The number of anilines is 1. The van der Waals surface area contributed by atoms with Crippen molar-refractivity contribution < 1.29 is 14.6 Å². The Morgan fingerprint density at radius 1 is 1.47 bits per heavy atom. The van der Waals surface area contributed by atoms with E-state index in [1.54, 1.807) is 11.0 Å². The van der Waals surface area contributed by atoms with E-state index in [1.165, 1.54) is 0 Å². The van der Waals surface area contributed by atoms with Crippen LogP contribution in [-0.2, 0) is 4.79 Å². The minimum absolute atomic E-state index is 0.0485. The summed E-state index contributed by atoms with van der Waals surface area (Å²) in [4.78, 5) is 21.2. The van der Waals surface area contributed by atoms with E-state index in [0.717, 1.165) is 12.1 Å². The molecule has 0 aliphatic carbocycles. The molecule has 1 heterocycles. The molecule has 0 bridgehead atoms. The van der Waals surface area contributed by atoms with E-state index in [1.807, 2.05) is 27.7 Å². The van der Waals surface area contributed by atoms with Crippen LogP contribution in [-0.4, -0.2) is 40.2 Å². The second-order valence-electron chi connectivity index (χ2n) is 4.36. The number of carboxylic acids is 1. The molecule has 6 heteroatoms. The lowest BCUT2D eigenvalue weighted by Crippen LogP contribution is -2.38. The lowest BCUT2D eigenvalue weighted by atomic mass is 10.2. The number of hydrogen-bond donors (Lipinski definition) is 1. The topological polar surface area (TPSA) is 75.5 Å². The van der Waals surface area contributed by atoms with Crippen LogP contribution in [0.15, 0.2) is 6.07 Å². The van der Waals surface area contributed by atoms with Crippen LogP contribution in [0.1, 0.15) is 32.9 Å². The third kappa shape index (κ3) is 4.39. The van der Waals surface area contributed by atoms with Gasteiger partial charge in [0, 0.05) is 17.8 Å². The van der Waals surface area contributed by atoms with Gasteiger partial charge in [-0.25, -0.2) is 4.98 Å². The molecule has 0 aliphatic rings. The molecule has 0 radical (unpaired) electrons. The summed E-state index contributed by atoms with van der Waals surface area (Å²) in [5.41, 5.74) is 0.757. The number of ether oxygens (including phenoxy) is 1. The molecule has 1 atom stereocenters. The summed E-state index contributed by atoms with van der Waals surface area (Å²) < 4.78 is 5.37. The maximum absolute atomic E-state index is 11.0. The number of hydrogen-bond acceptors (Lipinski definition) is 5. The van der Waals surface area contributed by atoms with Crippen molar-refractivity contribution >= 4 is 11.9 Å². The molecule has 1 unspecified atom stereocenters. The summed E-state index contributed by atoms with van der Waals surface area (Å²) in [5, 5.41) is 9.00. The van der Waals surface area contributed by atoms with Gasteiger partial charge >= 0.3 is 5.97 Å². The van der Waals surface area contributed by atoms with Crippen LogP contribution in [0.2, 0.25) is 0 Å². The van der Waals surface area contributed by atoms with Gasteiger partial charge in [0.25, 0.3) is 0 Å². The molecule has 1 N–H and O–H groups in total.